The number of rotatable bonds is 7. The van der Waals surface area contributed by atoms with Gasteiger partial charge in [0, 0.05) is 11.9 Å². The van der Waals surface area contributed by atoms with Gasteiger partial charge in [0.1, 0.15) is 16.3 Å². The smallest absolute Gasteiger partial charge is 0.387 e. The number of halogens is 2. The first kappa shape index (κ1) is 25.2. The first-order valence-corrected chi connectivity index (χ1v) is 11.6. The molecule has 2 amide bonds. The topological polar surface area (TPSA) is 101 Å². The molecule has 0 radical (unpaired) electrons. The molecule has 1 aromatic carbocycles. The van der Waals surface area contributed by atoms with E-state index in [1.807, 2.05) is 27.7 Å². The molecule has 1 atom stereocenters. The largest absolute Gasteiger partial charge is 0.435 e. The van der Waals surface area contributed by atoms with Crippen LogP contribution in [0.1, 0.15) is 69.4 Å². The van der Waals surface area contributed by atoms with Gasteiger partial charge in [-0.2, -0.15) is 8.78 Å². The van der Waals surface area contributed by atoms with E-state index in [0.717, 1.165) is 11.3 Å². The van der Waals surface area contributed by atoms with E-state index in [4.69, 9.17) is 0 Å². The molecule has 0 saturated carbocycles. The summed E-state index contributed by atoms with van der Waals surface area (Å²) in [5.74, 6) is -0.225. The number of anilines is 1. The molecule has 2 rings (SSSR count). The van der Waals surface area contributed by atoms with Crippen molar-refractivity contribution in [3.05, 3.63) is 34.3 Å². The van der Waals surface area contributed by atoms with Crippen molar-refractivity contribution in [1.29, 1.82) is 0 Å². The minimum Gasteiger partial charge on any atom is -0.435 e. The highest BCUT2D eigenvalue weighted by Crippen LogP contribution is 2.37. The van der Waals surface area contributed by atoms with Crippen LogP contribution in [0, 0.1) is 0 Å². The Labute approximate surface area is 186 Å². The Balaban J connectivity index is 2.39. The molecule has 0 aliphatic heterocycles. The van der Waals surface area contributed by atoms with Crippen LogP contribution < -0.4 is 10.1 Å². The molecule has 0 fully saturated rings. The first-order chi connectivity index (χ1) is 14.3. The van der Waals surface area contributed by atoms with Crippen molar-refractivity contribution < 1.29 is 27.6 Å². The maximum atomic E-state index is 12.7. The van der Waals surface area contributed by atoms with E-state index in [2.05, 4.69) is 19.4 Å². The minimum absolute atomic E-state index is 0.00495. The number of thiol groups is 1. The number of thiazole rings is 1. The van der Waals surface area contributed by atoms with Crippen molar-refractivity contribution in [2.24, 2.45) is 4.36 Å². The van der Waals surface area contributed by atoms with Gasteiger partial charge in [0.05, 0.1) is 10.5 Å². The molecule has 0 spiro atoms. The maximum absolute atomic E-state index is 12.7. The molecule has 11 heteroatoms. The fourth-order valence-corrected chi connectivity index (χ4v) is 4.62. The lowest BCUT2D eigenvalue weighted by atomic mass is 9.92. The van der Waals surface area contributed by atoms with Crippen molar-refractivity contribution in [2.45, 2.75) is 69.9 Å². The minimum atomic E-state index is -2.97. The van der Waals surface area contributed by atoms with E-state index in [0.29, 0.717) is 21.7 Å². The Bertz CT molecular complexity index is 995. The lowest BCUT2D eigenvalue weighted by Gasteiger charge is -2.21. The number of hydrogen-bond acceptors (Lipinski definition) is 6. The average molecular weight is 476 g/mol. The molecule has 1 heterocycles. The van der Waals surface area contributed by atoms with Gasteiger partial charge in [-0.1, -0.05) is 27.7 Å². The highest BCUT2D eigenvalue weighted by molar-refractivity contribution is 7.77. The molecular weight excluding hydrogens is 448 g/mol. The van der Waals surface area contributed by atoms with Crippen LogP contribution in [-0.2, 0) is 16.2 Å². The van der Waals surface area contributed by atoms with Gasteiger partial charge >= 0.3 is 12.6 Å². The third-order valence-electron chi connectivity index (χ3n) is 4.32. The van der Waals surface area contributed by atoms with E-state index < -0.39 is 28.8 Å². The summed E-state index contributed by atoms with van der Waals surface area (Å²) in [4.78, 5) is 17.0. The Morgan fingerprint density at radius 1 is 1.23 bits per heavy atom. The summed E-state index contributed by atoms with van der Waals surface area (Å²) in [6.45, 7) is 7.59. The summed E-state index contributed by atoms with van der Waals surface area (Å²) in [5, 5.41) is 12.7. The van der Waals surface area contributed by atoms with E-state index in [1.165, 1.54) is 18.3 Å². The van der Waals surface area contributed by atoms with Gasteiger partial charge in [0.25, 0.3) is 0 Å². The third kappa shape index (κ3) is 6.68. The highest BCUT2D eigenvalue weighted by atomic mass is 32.2. The zero-order valence-electron chi connectivity index (χ0n) is 18.1. The van der Waals surface area contributed by atoms with Crippen LogP contribution >= 0.6 is 11.3 Å². The second kappa shape index (κ2) is 10.0. The molecule has 0 bridgehead atoms. The van der Waals surface area contributed by atoms with Crippen molar-refractivity contribution in [3.8, 4) is 5.75 Å². The molecule has 2 N–H and O–H groups in total. The van der Waals surface area contributed by atoms with Gasteiger partial charge < -0.3 is 15.2 Å². The number of hydrogen-bond donors (Lipinski definition) is 3. The van der Waals surface area contributed by atoms with Crippen LogP contribution in [0.15, 0.2) is 27.0 Å². The molecular formula is C20H27F2N3O4S2. The molecule has 0 aliphatic rings. The molecule has 0 aliphatic carbocycles. The predicted octanol–water partition coefficient (Wildman–Crippen LogP) is 5.47. The van der Waals surface area contributed by atoms with Crippen LogP contribution in [0.25, 0.3) is 0 Å². The number of aliphatic hydroxyl groups is 1. The number of nitrogens with one attached hydrogen (secondary N) is 1. The van der Waals surface area contributed by atoms with Crippen LogP contribution in [-0.4, -0.2) is 26.9 Å². The zero-order chi connectivity index (χ0) is 23.5. The van der Waals surface area contributed by atoms with Gasteiger partial charge in [0.15, 0.2) is 4.34 Å². The Hall–Kier alpha value is -2.11. The number of benzene rings is 1. The highest BCUT2D eigenvalue weighted by Gasteiger charge is 2.21. The van der Waals surface area contributed by atoms with Crippen LogP contribution in [0.2, 0.25) is 0 Å². The fraction of sp³-hybridized carbons (Fsp3) is 0.500. The van der Waals surface area contributed by atoms with E-state index >= 15 is 0 Å². The standard InChI is InChI=1S/C20H27F2N3O4S2/c1-10(2)13-7-12(29-17(21)22)8-14(11(3)4)16(13)24-18(26)25-31(28)19-23-9-15(30-19)20(5,6)27/h7-11,17,27,31H,1-6H3,(H,24,26). The molecule has 7 nitrogen and oxygen atoms in total. The maximum Gasteiger partial charge on any atom is 0.387 e. The van der Waals surface area contributed by atoms with Crippen molar-refractivity contribution in [2.75, 3.05) is 5.32 Å². The number of amides is 2. The molecule has 1 unspecified atom stereocenters. The van der Waals surface area contributed by atoms with Gasteiger partial charge in [-0.3, -0.25) is 0 Å². The van der Waals surface area contributed by atoms with Gasteiger partial charge in [-0.25, -0.2) is 14.0 Å². The average Bonchev–Trinajstić information content (AvgIpc) is 3.12. The molecule has 31 heavy (non-hydrogen) atoms. The summed E-state index contributed by atoms with van der Waals surface area (Å²) in [5.41, 5.74) is 0.479. The van der Waals surface area contributed by atoms with E-state index in [1.54, 1.807) is 13.8 Å². The fourth-order valence-electron chi connectivity index (χ4n) is 2.78. The number of carbonyl (C=O) groups is 1. The number of aromatic nitrogens is 1. The number of ether oxygens (including phenoxy) is 1. The van der Waals surface area contributed by atoms with Gasteiger partial charge in [-0.15, -0.1) is 15.7 Å². The summed E-state index contributed by atoms with van der Waals surface area (Å²) in [6.07, 6.45) is 1.40. The lowest BCUT2D eigenvalue weighted by molar-refractivity contribution is -0.0499. The van der Waals surface area contributed by atoms with Gasteiger partial charge in [0.2, 0.25) is 0 Å². The lowest BCUT2D eigenvalue weighted by Crippen LogP contribution is -2.13. The summed E-state index contributed by atoms with van der Waals surface area (Å²) in [7, 11) is -2.47. The summed E-state index contributed by atoms with van der Waals surface area (Å²) in [6, 6.07) is 2.07. The monoisotopic (exact) mass is 475 g/mol. The third-order valence-corrected chi connectivity index (χ3v) is 6.98. The Kier molecular flexibility index (Phi) is 8.12. The van der Waals surface area contributed by atoms with Crippen LogP contribution in [0.3, 0.4) is 0 Å². The van der Waals surface area contributed by atoms with Crippen molar-refractivity contribution >= 4 is 33.7 Å². The molecule has 172 valence electrons. The second-order valence-electron chi connectivity index (χ2n) is 8.03. The van der Waals surface area contributed by atoms with E-state index in [9.17, 15) is 22.9 Å². The SMILES string of the molecule is CC(C)c1cc(OC(F)F)cc(C(C)C)c1NC(=O)N=[SH](=O)c1ncc(C(C)(C)O)s1. The molecule has 2 aromatic rings. The van der Waals surface area contributed by atoms with Crippen LogP contribution in [0.5, 0.6) is 5.75 Å². The summed E-state index contributed by atoms with van der Waals surface area (Å²) < 4.78 is 46.3. The Morgan fingerprint density at radius 2 is 1.77 bits per heavy atom. The number of carbonyl (C=O) groups excluding carboxylic acids is 1. The molecule has 0 saturated heterocycles. The number of nitrogens with zero attached hydrogens (tertiary/aromatic N) is 2. The number of urea groups is 1. The van der Waals surface area contributed by atoms with E-state index in [-0.39, 0.29) is 21.9 Å². The first-order valence-electron chi connectivity index (χ1n) is 9.60. The van der Waals surface area contributed by atoms with Crippen molar-refractivity contribution in [1.82, 2.24) is 4.98 Å². The predicted molar refractivity (Wildman–Crippen MR) is 118 cm³/mol. The normalized spacial score (nSPS) is 13.3. The quantitative estimate of drug-likeness (QED) is 0.461. The van der Waals surface area contributed by atoms with Gasteiger partial charge in [-0.05, 0) is 48.9 Å². The second-order valence-corrected chi connectivity index (χ2v) is 10.5. The van der Waals surface area contributed by atoms with Crippen molar-refractivity contribution in [3.63, 3.8) is 0 Å². The zero-order valence-corrected chi connectivity index (χ0v) is 19.9. The number of alkyl halides is 2. The van der Waals surface area contributed by atoms with Crippen LogP contribution in [0.4, 0.5) is 19.3 Å². The Morgan fingerprint density at radius 3 is 2.19 bits per heavy atom. The summed E-state index contributed by atoms with van der Waals surface area (Å²) >= 11 is 1.01. The molecule has 1 aromatic heterocycles.